The number of hydrogen-bond donors (Lipinski definition) is 1. The van der Waals surface area contributed by atoms with E-state index >= 15 is 0 Å². The summed E-state index contributed by atoms with van der Waals surface area (Å²) in [6.45, 7) is 4.36. The fourth-order valence-corrected chi connectivity index (χ4v) is 2.80. The van der Waals surface area contributed by atoms with E-state index in [2.05, 4.69) is 15.5 Å². The van der Waals surface area contributed by atoms with Gasteiger partial charge in [0.25, 0.3) is 5.56 Å². The van der Waals surface area contributed by atoms with Gasteiger partial charge in [-0.2, -0.15) is 5.10 Å². The minimum Gasteiger partial charge on any atom is -0.497 e. The van der Waals surface area contributed by atoms with E-state index in [1.54, 1.807) is 23.9 Å². The number of methoxy groups -OCH3 is 1. The summed E-state index contributed by atoms with van der Waals surface area (Å²) in [4.78, 5) is 24.1. The molecule has 8 heteroatoms. The van der Waals surface area contributed by atoms with Crippen molar-refractivity contribution in [2.24, 2.45) is 0 Å². The number of rotatable bonds is 7. The van der Waals surface area contributed by atoms with E-state index < -0.39 is 0 Å². The summed E-state index contributed by atoms with van der Waals surface area (Å²) in [5.74, 6) is 1.07. The lowest BCUT2D eigenvalue weighted by atomic mass is 10.2. The van der Waals surface area contributed by atoms with Gasteiger partial charge in [0.05, 0.1) is 19.3 Å². The summed E-state index contributed by atoms with van der Waals surface area (Å²) in [6.07, 6.45) is 3.16. The van der Waals surface area contributed by atoms with Crippen LogP contribution in [0.3, 0.4) is 0 Å². The minimum atomic E-state index is -0.247. The van der Waals surface area contributed by atoms with E-state index in [0.717, 1.165) is 22.7 Å². The van der Waals surface area contributed by atoms with Crippen molar-refractivity contribution >= 4 is 12.0 Å². The maximum absolute atomic E-state index is 12.1. The lowest BCUT2D eigenvalue weighted by Crippen LogP contribution is -2.31. The van der Waals surface area contributed by atoms with E-state index in [4.69, 9.17) is 4.74 Å². The van der Waals surface area contributed by atoms with Crippen LogP contribution in [0.25, 0.3) is 11.9 Å². The van der Waals surface area contributed by atoms with Gasteiger partial charge in [0.15, 0.2) is 5.82 Å². The first-order chi connectivity index (χ1) is 14.0. The molecule has 2 heterocycles. The number of nitrogens with zero attached hydrogens (tertiary/aromatic N) is 4. The molecule has 0 aliphatic rings. The van der Waals surface area contributed by atoms with E-state index in [9.17, 15) is 9.59 Å². The second-order valence-electron chi connectivity index (χ2n) is 6.49. The maximum Gasteiger partial charge on any atom is 0.266 e. The molecule has 0 aliphatic heterocycles. The lowest BCUT2D eigenvalue weighted by Gasteiger charge is -2.08. The number of carbonyl (C=O) groups excluding carboxylic acids is 1. The molecule has 0 bridgehead atoms. The van der Waals surface area contributed by atoms with Gasteiger partial charge in [0.1, 0.15) is 5.75 Å². The van der Waals surface area contributed by atoms with Gasteiger partial charge < -0.3 is 10.1 Å². The van der Waals surface area contributed by atoms with Crippen LogP contribution in [-0.4, -0.2) is 39.1 Å². The molecular weight excluding hydrogens is 370 g/mol. The van der Waals surface area contributed by atoms with Gasteiger partial charge in [-0.25, -0.2) is 9.36 Å². The van der Waals surface area contributed by atoms with Gasteiger partial charge in [-0.15, -0.1) is 5.10 Å². The number of aryl methyl sites for hydroxylation is 2. The average molecular weight is 393 g/mol. The predicted octanol–water partition coefficient (Wildman–Crippen LogP) is 1.88. The Labute approximate surface area is 168 Å². The van der Waals surface area contributed by atoms with Crippen LogP contribution in [0.4, 0.5) is 0 Å². The number of amides is 1. The number of nitrogens with one attached hydrogen (secondary N) is 1. The Balaban J connectivity index is 1.59. The van der Waals surface area contributed by atoms with Crippen LogP contribution in [-0.2, 0) is 11.3 Å². The van der Waals surface area contributed by atoms with E-state index in [1.807, 2.05) is 44.2 Å². The summed E-state index contributed by atoms with van der Waals surface area (Å²) in [6, 6.07) is 12.4. The first kappa shape index (κ1) is 20.1. The molecule has 0 radical (unpaired) electrons. The highest BCUT2D eigenvalue weighted by Gasteiger charge is 2.07. The third-order valence-corrected chi connectivity index (χ3v) is 4.24. The summed E-state index contributed by atoms with van der Waals surface area (Å²) in [7, 11) is 1.60. The van der Waals surface area contributed by atoms with Crippen LogP contribution in [0.15, 0.2) is 53.3 Å². The lowest BCUT2D eigenvalue weighted by molar-refractivity contribution is -0.116. The topological polar surface area (TPSA) is 91.0 Å². The third-order valence-electron chi connectivity index (χ3n) is 4.24. The predicted molar refractivity (Wildman–Crippen MR) is 110 cm³/mol. The first-order valence-corrected chi connectivity index (χ1v) is 9.18. The van der Waals surface area contributed by atoms with Crippen molar-refractivity contribution in [1.82, 2.24) is 24.9 Å². The van der Waals surface area contributed by atoms with Crippen molar-refractivity contribution in [3.05, 3.63) is 75.8 Å². The van der Waals surface area contributed by atoms with Crippen LogP contribution in [0.2, 0.25) is 0 Å². The van der Waals surface area contributed by atoms with E-state index in [-0.39, 0.29) is 24.6 Å². The molecule has 3 rings (SSSR count). The van der Waals surface area contributed by atoms with Crippen molar-refractivity contribution in [2.75, 3.05) is 13.7 Å². The minimum absolute atomic E-state index is 0.238. The number of aromatic nitrogens is 4. The summed E-state index contributed by atoms with van der Waals surface area (Å²) in [5.41, 5.74) is 2.45. The zero-order chi connectivity index (χ0) is 20.8. The fraction of sp³-hybridized carbons (Fsp3) is 0.238. The number of ether oxygens (including phenoxy) is 1. The Hall–Kier alpha value is -3.68. The average Bonchev–Trinajstić information content (AvgIpc) is 3.06. The van der Waals surface area contributed by atoms with Gasteiger partial charge in [0, 0.05) is 24.4 Å². The van der Waals surface area contributed by atoms with Gasteiger partial charge in [-0.05, 0) is 49.8 Å². The number of benzene rings is 1. The van der Waals surface area contributed by atoms with Crippen LogP contribution in [0.5, 0.6) is 5.75 Å². The number of carbonyl (C=O) groups is 1. The van der Waals surface area contributed by atoms with Crippen LogP contribution in [0.1, 0.15) is 17.0 Å². The Morgan fingerprint density at radius 3 is 2.55 bits per heavy atom. The summed E-state index contributed by atoms with van der Waals surface area (Å²) >= 11 is 0. The second kappa shape index (κ2) is 9.01. The van der Waals surface area contributed by atoms with Crippen LogP contribution < -0.4 is 15.6 Å². The van der Waals surface area contributed by atoms with Gasteiger partial charge >= 0.3 is 0 Å². The molecule has 1 amide bonds. The molecule has 0 saturated carbocycles. The molecule has 0 fully saturated rings. The van der Waals surface area contributed by atoms with Crippen molar-refractivity contribution in [1.29, 1.82) is 0 Å². The van der Waals surface area contributed by atoms with Gasteiger partial charge in [-0.1, -0.05) is 12.1 Å². The van der Waals surface area contributed by atoms with Crippen molar-refractivity contribution < 1.29 is 9.53 Å². The molecule has 150 valence electrons. The molecule has 8 nitrogen and oxygen atoms in total. The van der Waals surface area contributed by atoms with Crippen molar-refractivity contribution in [2.45, 2.75) is 20.4 Å². The highest BCUT2D eigenvalue weighted by molar-refractivity contribution is 5.91. The largest absolute Gasteiger partial charge is 0.497 e. The molecular formula is C21H23N5O3. The summed E-state index contributed by atoms with van der Waals surface area (Å²) < 4.78 is 8.10. The quantitative estimate of drug-likeness (QED) is 0.619. The maximum atomic E-state index is 12.1. The molecule has 1 aromatic carbocycles. The zero-order valence-electron chi connectivity index (χ0n) is 16.6. The smallest absolute Gasteiger partial charge is 0.266 e. The van der Waals surface area contributed by atoms with Crippen LogP contribution in [0, 0.1) is 13.8 Å². The van der Waals surface area contributed by atoms with Crippen LogP contribution >= 0.6 is 0 Å². The van der Waals surface area contributed by atoms with Gasteiger partial charge in [-0.3, -0.25) is 9.59 Å². The second-order valence-corrected chi connectivity index (χ2v) is 6.49. The number of hydrogen-bond acceptors (Lipinski definition) is 5. The standard InChI is InChI=1S/C21H23N5O3/c1-15-14-16(2)26(23-15)19-9-11-21(28)25(24-19)13-12-22-20(27)10-6-17-4-7-18(29-3)8-5-17/h4-11,14H,12-13H2,1-3H3,(H,22,27)/b10-6+. The first-order valence-electron chi connectivity index (χ1n) is 9.18. The molecule has 0 saturated heterocycles. The van der Waals surface area contributed by atoms with Gasteiger partial charge in [0.2, 0.25) is 5.91 Å². The SMILES string of the molecule is COc1ccc(/C=C/C(=O)NCCn2nc(-n3nc(C)cc3C)ccc2=O)cc1. The van der Waals surface area contributed by atoms with E-state index in [0.29, 0.717) is 5.82 Å². The molecule has 29 heavy (non-hydrogen) atoms. The Kier molecular flexibility index (Phi) is 6.23. The molecule has 0 unspecified atom stereocenters. The van der Waals surface area contributed by atoms with Crippen molar-refractivity contribution in [3.8, 4) is 11.6 Å². The highest BCUT2D eigenvalue weighted by atomic mass is 16.5. The molecule has 2 aromatic heterocycles. The molecule has 1 N–H and O–H groups in total. The Bertz CT molecular complexity index is 1080. The van der Waals surface area contributed by atoms with Crippen molar-refractivity contribution in [3.63, 3.8) is 0 Å². The Morgan fingerprint density at radius 2 is 1.90 bits per heavy atom. The van der Waals surface area contributed by atoms with E-state index in [1.165, 1.54) is 16.8 Å². The fourth-order valence-electron chi connectivity index (χ4n) is 2.80. The molecule has 0 aliphatic carbocycles. The molecule has 0 atom stereocenters. The molecule has 3 aromatic rings. The Morgan fingerprint density at radius 1 is 1.14 bits per heavy atom. The summed E-state index contributed by atoms with van der Waals surface area (Å²) in [5, 5.41) is 11.5. The highest BCUT2D eigenvalue weighted by Crippen LogP contribution is 2.12. The molecule has 0 spiro atoms. The third kappa shape index (κ3) is 5.19. The zero-order valence-corrected chi connectivity index (χ0v) is 16.6. The monoisotopic (exact) mass is 393 g/mol. The normalized spacial score (nSPS) is 11.0.